The molecule has 172 valence electrons. The highest BCUT2D eigenvalue weighted by Gasteiger charge is 2.37. The Balaban J connectivity index is 1.70. The number of benzene rings is 2. The van der Waals surface area contributed by atoms with E-state index in [2.05, 4.69) is 31.0 Å². The Bertz CT molecular complexity index is 1140. The van der Waals surface area contributed by atoms with Crippen molar-refractivity contribution in [1.29, 1.82) is 0 Å². The van der Waals surface area contributed by atoms with Crippen molar-refractivity contribution in [3.05, 3.63) is 77.5 Å². The van der Waals surface area contributed by atoms with E-state index in [0.717, 1.165) is 29.2 Å². The molecular weight excluding hydrogens is 429 g/mol. The van der Waals surface area contributed by atoms with Gasteiger partial charge in [-0.15, -0.1) is 0 Å². The molecule has 0 saturated carbocycles. The highest BCUT2D eigenvalue weighted by Crippen LogP contribution is 2.41. The Hall–Kier alpha value is -3.35. The van der Waals surface area contributed by atoms with Crippen LogP contribution >= 0.6 is 0 Å². The summed E-state index contributed by atoms with van der Waals surface area (Å²) in [7, 11) is 0. The van der Waals surface area contributed by atoms with Gasteiger partial charge in [0.25, 0.3) is 0 Å². The van der Waals surface area contributed by atoms with Crippen LogP contribution in [-0.2, 0) is 22.1 Å². The molecule has 0 radical (unpaired) electrons. The predicted molar refractivity (Wildman–Crippen MR) is 121 cm³/mol. The van der Waals surface area contributed by atoms with Crippen LogP contribution in [0.25, 0.3) is 11.3 Å². The highest BCUT2D eigenvalue weighted by molar-refractivity contribution is 5.89. The first-order valence-corrected chi connectivity index (χ1v) is 10.9. The zero-order chi connectivity index (χ0) is 23.8. The van der Waals surface area contributed by atoms with Crippen LogP contribution in [0.4, 0.5) is 24.5 Å². The predicted octanol–water partition coefficient (Wildman–Crippen LogP) is 6.52. The number of ether oxygens (including phenoxy) is 1. The largest absolute Gasteiger partial charge is 0.464 e. The minimum absolute atomic E-state index is 0.284. The summed E-state index contributed by atoms with van der Waals surface area (Å²) in [5, 5.41) is 0. The van der Waals surface area contributed by atoms with Gasteiger partial charge in [-0.1, -0.05) is 32.0 Å². The Labute approximate surface area is 191 Å². The summed E-state index contributed by atoms with van der Waals surface area (Å²) in [4.78, 5) is 18.8. The summed E-state index contributed by atoms with van der Waals surface area (Å²) in [5.74, 6) is 0.0837. The highest BCUT2D eigenvalue weighted by atomic mass is 19.4. The third kappa shape index (κ3) is 4.58. The average molecular weight is 454 g/mol. The quantitative estimate of drug-likeness (QED) is 0.412. The van der Waals surface area contributed by atoms with Gasteiger partial charge in [0.05, 0.1) is 17.9 Å². The molecule has 1 atom stereocenters. The molecule has 33 heavy (non-hydrogen) atoms. The zero-order valence-electron chi connectivity index (χ0n) is 18.7. The van der Waals surface area contributed by atoms with Gasteiger partial charge < -0.3 is 9.64 Å². The third-order valence-corrected chi connectivity index (χ3v) is 5.85. The Kier molecular flexibility index (Phi) is 6.15. The number of nitrogens with zero attached hydrogens (tertiary/aromatic N) is 2. The van der Waals surface area contributed by atoms with E-state index in [1.807, 2.05) is 35.2 Å². The van der Waals surface area contributed by atoms with Crippen LogP contribution < -0.4 is 4.90 Å². The van der Waals surface area contributed by atoms with Gasteiger partial charge in [0.15, 0.2) is 0 Å². The molecule has 0 saturated heterocycles. The first-order valence-electron chi connectivity index (χ1n) is 10.9. The lowest BCUT2D eigenvalue weighted by Crippen LogP contribution is -2.36. The van der Waals surface area contributed by atoms with Crippen molar-refractivity contribution in [3.63, 3.8) is 0 Å². The number of esters is 1. The number of hydrogen-bond acceptors (Lipinski definition) is 4. The first kappa shape index (κ1) is 22.8. The van der Waals surface area contributed by atoms with E-state index in [-0.39, 0.29) is 12.6 Å². The first-order chi connectivity index (χ1) is 15.7. The number of carbonyl (C=O) groups is 1. The second kappa shape index (κ2) is 8.89. The second-order valence-electron chi connectivity index (χ2n) is 8.36. The summed E-state index contributed by atoms with van der Waals surface area (Å²) in [6, 6.07) is 15.6. The number of rotatable bonds is 5. The molecule has 7 heteroatoms. The van der Waals surface area contributed by atoms with Crippen molar-refractivity contribution < 1.29 is 22.7 Å². The van der Waals surface area contributed by atoms with Crippen LogP contribution in [0.3, 0.4) is 0 Å². The monoisotopic (exact) mass is 454 g/mol. The molecule has 2 heterocycles. The van der Waals surface area contributed by atoms with Gasteiger partial charge in [-0.05, 0) is 60.4 Å². The molecule has 0 aliphatic carbocycles. The van der Waals surface area contributed by atoms with Crippen LogP contribution in [0, 0.1) is 0 Å². The fourth-order valence-electron chi connectivity index (χ4n) is 4.11. The molecule has 3 aromatic rings. The van der Waals surface area contributed by atoms with Crippen LogP contribution in [0.2, 0.25) is 0 Å². The molecule has 0 amide bonds. The van der Waals surface area contributed by atoms with E-state index >= 15 is 0 Å². The van der Waals surface area contributed by atoms with Crippen LogP contribution in [0.15, 0.2) is 60.8 Å². The molecule has 1 aromatic heterocycles. The average Bonchev–Trinajstić information content (AvgIpc) is 3.17. The molecule has 4 nitrogen and oxygen atoms in total. The van der Waals surface area contributed by atoms with Crippen molar-refractivity contribution in [2.24, 2.45) is 0 Å². The van der Waals surface area contributed by atoms with E-state index in [4.69, 9.17) is 4.74 Å². The summed E-state index contributed by atoms with van der Waals surface area (Å²) in [6.45, 7) is 6.31. The van der Waals surface area contributed by atoms with Crippen LogP contribution in [-0.4, -0.2) is 23.6 Å². The lowest BCUT2D eigenvalue weighted by Gasteiger charge is -2.26. The van der Waals surface area contributed by atoms with Gasteiger partial charge in [-0.3, -0.25) is 4.98 Å². The third-order valence-electron chi connectivity index (χ3n) is 5.85. The maximum atomic E-state index is 12.9. The van der Waals surface area contributed by atoms with Gasteiger partial charge in [0.2, 0.25) is 0 Å². The van der Waals surface area contributed by atoms with Crippen molar-refractivity contribution in [3.8, 4) is 11.3 Å². The van der Waals surface area contributed by atoms with E-state index in [0.29, 0.717) is 23.6 Å². The molecule has 0 bridgehead atoms. The molecule has 2 aromatic carbocycles. The van der Waals surface area contributed by atoms with E-state index in [1.54, 1.807) is 6.92 Å². The number of carbonyl (C=O) groups excluding carboxylic acids is 1. The summed E-state index contributed by atoms with van der Waals surface area (Å²) >= 11 is 0. The molecule has 1 unspecified atom stereocenters. The molecule has 1 aliphatic rings. The smallest absolute Gasteiger partial charge is 0.417 e. The SMILES string of the molecule is CCOC(=O)C1Cc2cc(-c3ccc(C(F)(F)F)cn3)ccc2N1c1ccc(C(C)C)cc1. The number of aromatic nitrogens is 1. The standard InChI is InChI=1S/C26H25F3N2O2/c1-4-33-25(32)24-14-19-13-18(22-11-8-20(15-30-22)26(27,28)29)7-12-23(19)31(24)21-9-5-17(6-10-21)16(2)3/h5-13,15-16,24H,4,14H2,1-3H3. The topological polar surface area (TPSA) is 42.4 Å². The molecule has 1 aliphatic heterocycles. The lowest BCUT2D eigenvalue weighted by molar-refractivity contribution is -0.144. The number of alkyl halides is 3. The molecule has 0 fully saturated rings. The van der Waals surface area contributed by atoms with E-state index in [1.165, 1.54) is 11.6 Å². The number of halogens is 3. The van der Waals surface area contributed by atoms with Crippen LogP contribution in [0.5, 0.6) is 0 Å². The maximum absolute atomic E-state index is 12.9. The molecular formula is C26H25F3N2O2. The maximum Gasteiger partial charge on any atom is 0.417 e. The summed E-state index contributed by atoms with van der Waals surface area (Å²) in [6.07, 6.45) is -3.15. The Morgan fingerprint density at radius 1 is 1.12 bits per heavy atom. The van der Waals surface area contributed by atoms with E-state index < -0.39 is 17.8 Å². The minimum atomic E-state index is -4.43. The normalized spacial score (nSPS) is 15.6. The minimum Gasteiger partial charge on any atom is -0.464 e. The lowest BCUT2D eigenvalue weighted by atomic mass is 10.0. The van der Waals surface area contributed by atoms with Crippen LogP contribution in [0.1, 0.15) is 43.4 Å². The van der Waals surface area contributed by atoms with Gasteiger partial charge in [-0.2, -0.15) is 13.2 Å². The fraction of sp³-hybridized carbons (Fsp3) is 0.308. The van der Waals surface area contributed by atoms with Crippen molar-refractivity contribution in [2.45, 2.75) is 45.3 Å². The number of hydrogen-bond donors (Lipinski definition) is 0. The van der Waals surface area contributed by atoms with E-state index in [9.17, 15) is 18.0 Å². The van der Waals surface area contributed by atoms with Gasteiger partial charge in [-0.25, -0.2) is 4.79 Å². The number of fused-ring (bicyclic) bond motifs is 1. The molecule has 0 N–H and O–H groups in total. The molecule has 4 rings (SSSR count). The fourth-order valence-corrected chi connectivity index (χ4v) is 4.11. The van der Waals surface area contributed by atoms with Gasteiger partial charge in [0, 0.05) is 29.6 Å². The summed E-state index contributed by atoms with van der Waals surface area (Å²) in [5.41, 5.74) is 4.23. The van der Waals surface area contributed by atoms with Crippen molar-refractivity contribution in [2.75, 3.05) is 11.5 Å². The Morgan fingerprint density at radius 3 is 2.42 bits per heavy atom. The summed E-state index contributed by atoms with van der Waals surface area (Å²) < 4.78 is 43.9. The zero-order valence-corrected chi connectivity index (χ0v) is 18.7. The van der Waals surface area contributed by atoms with Crippen molar-refractivity contribution in [1.82, 2.24) is 4.98 Å². The number of anilines is 2. The Morgan fingerprint density at radius 2 is 1.85 bits per heavy atom. The van der Waals surface area contributed by atoms with Gasteiger partial charge >= 0.3 is 12.1 Å². The molecule has 0 spiro atoms. The second-order valence-corrected chi connectivity index (χ2v) is 8.36. The number of pyridine rings is 1. The van der Waals surface area contributed by atoms with Gasteiger partial charge in [0.1, 0.15) is 6.04 Å². The van der Waals surface area contributed by atoms with Crippen molar-refractivity contribution >= 4 is 17.3 Å².